The molecule has 0 spiro atoms. The first-order valence-electron chi connectivity index (χ1n) is 17.3. The smallest absolute Gasteiger partial charge is 0.234 e. The molecule has 3 saturated heterocycles. The first kappa shape index (κ1) is 31.2. The molecular weight excluding hydrogens is 619 g/mol. The zero-order chi connectivity index (χ0) is 33.5. The molecule has 9 nitrogen and oxygen atoms in total. The molecule has 3 aromatic carbocycles. The number of carbonyl (C=O) groups is 2. The van der Waals surface area contributed by atoms with Gasteiger partial charge in [-0.25, -0.2) is 4.39 Å². The maximum atomic E-state index is 15.7. The predicted molar refractivity (Wildman–Crippen MR) is 186 cm³/mol. The molecule has 2 amide bonds. The molecule has 8 rings (SSSR count). The van der Waals surface area contributed by atoms with E-state index in [1.54, 1.807) is 24.3 Å². The Balaban J connectivity index is 0.875. The lowest BCUT2D eigenvalue weighted by atomic mass is 9.87. The molecule has 3 fully saturated rings. The zero-order valence-corrected chi connectivity index (χ0v) is 27.3. The Hall–Kier alpha value is -5.09. The van der Waals surface area contributed by atoms with Crippen LogP contribution in [0.2, 0.25) is 0 Å². The van der Waals surface area contributed by atoms with Gasteiger partial charge in [-0.2, -0.15) is 0 Å². The Morgan fingerprint density at radius 3 is 2.29 bits per heavy atom. The molecule has 49 heavy (non-hydrogen) atoms. The van der Waals surface area contributed by atoms with E-state index in [4.69, 9.17) is 0 Å². The Morgan fingerprint density at radius 2 is 1.55 bits per heavy atom. The number of phenolic OH excluding ortho intramolecular Hbond substituents is 1. The predicted octanol–water partition coefficient (Wildman–Crippen LogP) is 6.30. The lowest BCUT2D eigenvalue weighted by molar-refractivity contribution is -0.134. The molecule has 3 aliphatic heterocycles. The van der Waals surface area contributed by atoms with E-state index in [0.29, 0.717) is 35.7 Å². The van der Waals surface area contributed by atoms with Crippen molar-refractivity contribution in [3.8, 4) is 22.7 Å². The number of para-hydroxylation sites is 1. The lowest BCUT2D eigenvalue weighted by Crippen LogP contribution is -2.47. The van der Waals surface area contributed by atoms with Crippen LogP contribution in [0, 0.1) is 5.82 Å². The van der Waals surface area contributed by atoms with Crippen LogP contribution in [-0.4, -0.2) is 68.8 Å². The molecule has 1 unspecified atom stereocenters. The average molecular weight is 659 g/mol. The van der Waals surface area contributed by atoms with Gasteiger partial charge >= 0.3 is 0 Å². The zero-order valence-electron chi connectivity index (χ0n) is 27.3. The van der Waals surface area contributed by atoms with Gasteiger partial charge in [-0.1, -0.05) is 30.3 Å². The average Bonchev–Trinajstić information content (AvgIpc) is 3.56. The number of aromatic hydroxyl groups is 1. The maximum Gasteiger partial charge on any atom is 0.234 e. The van der Waals surface area contributed by atoms with E-state index in [1.165, 1.54) is 5.69 Å². The van der Waals surface area contributed by atoms with Crippen LogP contribution in [-0.2, 0) is 9.59 Å². The number of nitrogens with one attached hydrogen (secondary N) is 1. The number of amides is 2. The van der Waals surface area contributed by atoms with Crippen molar-refractivity contribution >= 4 is 28.5 Å². The number of halogens is 1. The number of anilines is 1. The number of aromatic nitrogens is 3. The lowest BCUT2D eigenvalue weighted by Gasteiger charge is -2.42. The first-order chi connectivity index (χ1) is 23.9. The maximum absolute atomic E-state index is 15.7. The van der Waals surface area contributed by atoms with Crippen LogP contribution in [0.4, 0.5) is 10.1 Å². The fraction of sp³-hybridized carbons (Fsp3) is 0.333. The van der Waals surface area contributed by atoms with Gasteiger partial charge in [-0.15, -0.1) is 10.2 Å². The van der Waals surface area contributed by atoms with Crippen LogP contribution in [0.5, 0.6) is 5.75 Å². The number of imide groups is 1. The van der Waals surface area contributed by atoms with Gasteiger partial charge in [0.25, 0.3) is 0 Å². The van der Waals surface area contributed by atoms with Gasteiger partial charge in [0.15, 0.2) is 0 Å². The molecule has 0 saturated carbocycles. The summed E-state index contributed by atoms with van der Waals surface area (Å²) < 4.78 is 17.6. The van der Waals surface area contributed by atoms with Crippen molar-refractivity contribution in [1.29, 1.82) is 0 Å². The number of hydrogen-bond donors (Lipinski definition) is 2. The van der Waals surface area contributed by atoms with Crippen LogP contribution in [0.25, 0.3) is 28.0 Å². The van der Waals surface area contributed by atoms with Crippen molar-refractivity contribution < 1.29 is 19.1 Å². The van der Waals surface area contributed by atoms with E-state index in [0.717, 1.165) is 74.2 Å². The fourth-order valence-corrected chi connectivity index (χ4v) is 7.97. The summed E-state index contributed by atoms with van der Waals surface area (Å²) >= 11 is 0. The Bertz CT molecular complexity index is 2010. The molecule has 2 N–H and O–H groups in total. The third-order valence-electron chi connectivity index (χ3n) is 10.7. The SMILES string of the molecule is O=C1CCC(c2ccc(N3CCC(N4CCC(c5ccc(-n6ccc7nnc(-c8ccccc8O)cc76)cc5F)CC4)CC3)cc2)C(=O)N1. The molecule has 5 aromatic rings. The highest BCUT2D eigenvalue weighted by Gasteiger charge is 2.31. The molecule has 3 aliphatic rings. The highest BCUT2D eigenvalue weighted by molar-refractivity contribution is 6.01. The molecule has 1 atom stereocenters. The van der Waals surface area contributed by atoms with Crippen molar-refractivity contribution in [2.45, 2.75) is 56.4 Å². The van der Waals surface area contributed by atoms with E-state index < -0.39 is 0 Å². The van der Waals surface area contributed by atoms with Gasteiger partial charge in [0, 0.05) is 48.7 Å². The van der Waals surface area contributed by atoms with Crippen LogP contribution < -0.4 is 10.2 Å². The van der Waals surface area contributed by atoms with E-state index in [1.807, 2.05) is 53.2 Å². The second-order valence-electron chi connectivity index (χ2n) is 13.5. The Morgan fingerprint density at radius 1 is 0.796 bits per heavy atom. The van der Waals surface area contributed by atoms with Gasteiger partial charge in [0.1, 0.15) is 17.1 Å². The highest BCUT2D eigenvalue weighted by Crippen LogP contribution is 2.35. The second kappa shape index (κ2) is 13.1. The summed E-state index contributed by atoms with van der Waals surface area (Å²) in [7, 11) is 0. The summed E-state index contributed by atoms with van der Waals surface area (Å²) in [6.07, 6.45) is 6.87. The number of carbonyl (C=O) groups excluding carboxylic acids is 2. The molecule has 10 heteroatoms. The van der Waals surface area contributed by atoms with Gasteiger partial charge in [0.2, 0.25) is 11.8 Å². The van der Waals surface area contributed by atoms with Gasteiger partial charge in [0.05, 0.1) is 17.1 Å². The molecule has 250 valence electrons. The summed E-state index contributed by atoms with van der Waals surface area (Å²) in [5.74, 6) is -0.502. The van der Waals surface area contributed by atoms with Gasteiger partial charge < -0.3 is 19.5 Å². The van der Waals surface area contributed by atoms with E-state index in [2.05, 4.69) is 37.4 Å². The second-order valence-corrected chi connectivity index (χ2v) is 13.5. The first-order valence-corrected chi connectivity index (χ1v) is 17.3. The number of benzene rings is 3. The highest BCUT2D eigenvalue weighted by atomic mass is 19.1. The van der Waals surface area contributed by atoms with E-state index in [-0.39, 0.29) is 35.2 Å². The molecular formula is C39H39FN6O3. The van der Waals surface area contributed by atoms with Gasteiger partial charge in [-0.3, -0.25) is 14.9 Å². The summed E-state index contributed by atoms with van der Waals surface area (Å²) in [4.78, 5) is 28.8. The Labute approximate surface area is 284 Å². The minimum absolute atomic E-state index is 0.136. The van der Waals surface area contributed by atoms with Crippen molar-refractivity contribution in [2.75, 3.05) is 31.1 Å². The number of likely N-dealkylation sites (tertiary alicyclic amines) is 1. The quantitative estimate of drug-likeness (QED) is 0.207. The largest absolute Gasteiger partial charge is 0.507 e. The molecule has 0 aliphatic carbocycles. The third-order valence-corrected chi connectivity index (χ3v) is 10.7. The van der Waals surface area contributed by atoms with Gasteiger partial charge in [-0.05, 0) is 111 Å². The van der Waals surface area contributed by atoms with Crippen molar-refractivity contribution in [2.24, 2.45) is 0 Å². The number of fused-ring (bicyclic) bond motifs is 1. The van der Waals surface area contributed by atoms with Crippen molar-refractivity contribution in [3.63, 3.8) is 0 Å². The summed E-state index contributed by atoms with van der Waals surface area (Å²) in [5, 5.41) is 21.4. The summed E-state index contributed by atoms with van der Waals surface area (Å²) in [5.41, 5.74) is 6.29. The van der Waals surface area contributed by atoms with E-state index in [9.17, 15) is 14.7 Å². The van der Waals surface area contributed by atoms with Crippen LogP contribution in [0.15, 0.2) is 85.1 Å². The number of rotatable bonds is 6. The molecule has 2 aromatic heterocycles. The number of phenols is 1. The van der Waals surface area contributed by atoms with Crippen molar-refractivity contribution in [3.05, 3.63) is 102 Å². The number of hydrogen-bond acceptors (Lipinski definition) is 7. The number of piperidine rings is 3. The molecule has 0 radical (unpaired) electrons. The van der Waals surface area contributed by atoms with E-state index >= 15 is 4.39 Å². The molecule has 5 heterocycles. The van der Waals surface area contributed by atoms with Crippen LogP contribution in [0.1, 0.15) is 61.5 Å². The monoisotopic (exact) mass is 658 g/mol. The van der Waals surface area contributed by atoms with Crippen LogP contribution >= 0.6 is 0 Å². The normalized spacial score (nSPS) is 19.8. The minimum Gasteiger partial charge on any atom is -0.507 e. The standard InChI is InChI=1S/C39H39FN6O3/c40-33-23-29(46-22-17-34-36(46)24-35(43-42-34)32-3-1-2-4-37(32)47)9-10-30(33)26-13-18-44(19-14-26)28-15-20-45(21-16-28)27-7-5-25(6-8-27)31-11-12-38(48)41-39(31)49/h1-10,17,22-24,26,28,31,47H,11-16,18-21H2,(H,41,48,49). The topological polar surface area (TPSA) is 104 Å². The summed E-state index contributed by atoms with van der Waals surface area (Å²) in [6.45, 7) is 3.89. The third kappa shape index (κ3) is 6.17. The van der Waals surface area contributed by atoms with Crippen LogP contribution in [0.3, 0.4) is 0 Å². The summed E-state index contributed by atoms with van der Waals surface area (Å²) in [6, 6.07) is 25.1. The fourth-order valence-electron chi connectivity index (χ4n) is 7.97. The number of nitrogens with zero attached hydrogens (tertiary/aromatic N) is 5. The Kier molecular flexibility index (Phi) is 8.33. The van der Waals surface area contributed by atoms with Crippen molar-refractivity contribution in [1.82, 2.24) is 25.0 Å². The molecule has 0 bridgehead atoms. The minimum atomic E-state index is -0.257.